The van der Waals surface area contributed by atoms with Crippen LogP contribution in [0.15, 0.2) is 11.3 Å². The molecule has 0 bridgehead atoms. The van der Waals surface area contributed by atoms with Crippen LogP contribution in [0.3, 0.4) is 0 Å². The topological polar surface area (TPSA) is 24.1 Å². The zero-order valence-corrected chi connectivity index (χ0v) is 9.28. The van der Waals surface area contributed by atoms with Gasteiger partial charge in [-0.15, -0.1) is 0 Å². The first-order chi connectivity index (χ1) is 6.13. The first-order valence-corrected chi connectivity index (χ1v) is 5.30. The van der Waals surface area contributed by atoms with Crippen molar-refractivity contribution in [2.45, 2.75) is 34.1 Å². The van der Waals surface area contributed by atoms with Crippen LogP contribution in [0.4, 0.5) is 0 Å². The summed E-state index contributed by atoms with van der Waals surface area (Å²) in [5, 5.41) is 6.85. The molecule has 0 aromatic rings. The predicted octanol–water partition coefficient (Wildman–Crippen LogP) is 2.09. The van der Waals surface area contributed by atoms with Gasteiger partial charge in [-0.1, -0.05) is 27.7 Å². The van der Waals surface area contributed by atoms with E-state index in [1.807, 2.05) is 0 Å². The van der Waals surface area contributed by atoms with Crippen LogP contribution in [0.5, 0.6) is 0 Å². The van der Waals surface area contributed by atoms with Gasteiger partial charge in [0.1, 0.15) is 0 Å². The molecular formula is C11H22N2. The minimum absolute atomic E-state index is 0.622. The first kappa shape index (κ1) is 10.6. The fourth-order valence-electron chi connectivity index (χ4n) is 1.89. The molecule has 1 aliphatic rings. The molecule has 0 atom stereocenters. The van der Waals surface area contributed by atoms with E-state index in [1.165, 1.54) is 12.1 Å². The van der Waals surface area contributed by atoms with E-state index < -0.39 is 0 Å². The molecule has 0 amide bonds. The van der Waals surface area contributed by atoms with Gasteiger partial charge in [-0.25, -0.2) is 0 Å². The molecule has 76 valence electrons. The Balaban J connectivity index is 2.85. The Hall–Kier alpha value is -0.500. The maximum absolute atomic E-state index is 3.48. The largest absolute Gasteiger partial charge is 0.376 e. The van der Waals surface area contributed by atoms with E-state index in [9.17, 15) is 0 Å². The zero-order valence-electron chi connectivity index (χ0n) is 9.28. The van der Waals surface area contributed by atoms with Crippen LogP contribution in [-0.4, -0.2) is 13.2 Å². The summed E-state index contributed by atoms with van der Waals surface area (Å²) in [5.74, 6) is 1.29. The molecular weight excluding hydrogens is 160 g/mol. The third kappa shape index (κ3) is 2.73. The quantitative estimate of drug-likeness (QED) is 0.683. The summed E-state index contributed by atoms with van der Waals surface area (Å²) in [6, 6.07) is 0. The number of nitrogens with one attached hydrogen (secondary N) is 2. The van der Waals surface area contributed by atoms with Crippen molar-refractivity contribution < 1.29 is 0 Å². The number of rotatable bonds is 2. The van der Waals surface area contributed by atoms with Crippen molar-refractivity contribution in [2.75, 3.05) is 13.2 Å². The highest BCUT2D eigenvalue weighted by Gasteiger charge is 2.15. The molecule has 0 radical (unpaired) electrons. The van der Waals surface area contributed by atoms with E-state index in [0.717, 1.165) is 13.2 Å². The third-order valence-corrected chi connectivity index (χ3v) is 2.60. The van der Waals surface area contributed by atoms with E-state index in [0.29, 0.717) is 11.8 Å². The second-order valence-electron chi connectivity index (χ2n) is 4.35. The Morgan fingerprint density at radius 1 is 1.08 bits per heavy atom. The molecule has 1 rings (SSSR count). The second kappa shape index (κ2) is 4.66. The molecule has 13 heavy (non-hydrogen) atoms. The molecule has 0 fully saturated rings. The molecule has 0 aliphatic carbocycles. The van der Waals surface area contributed by atoms with Gasteiger partial charge < -0.3 is 5.32 Å². The summed E-state index contributed by atoms with van der Waals surface area (Å²) in [6.45, 7) is 11.1. The Morgan fingerprint density at radius 2 is 1.77 bits per heavy atom. The lowest BCUT2D eigenvalue weighted by Gasteiger charge is -2.19. The molecule has 0 aromatic heterocycles. The number of hydrogen-bond donors (Lipinski definition) is 2. The SMILES string of the molecule is CC(C)C1=C(C(C)C)NCNCC1. The Morgan fingerprint density at radius 3 is 2.31 bits per heavy atom. The molecule has 0 saturated carbocycles. The molecule has 2 N–H and O–H groups in total. The zero-order chi connectivity index (χ0) is 9.84. The highest BCUT2D eigenvalue weighted by atomic mass is 15.1. The van der Waals surface area contributed by atoms with Gasteiger partial charge in [0.15, 0.2) is 0 Å². The Kier molecular flexibility index (Phi) is 3.79. The summed E-state index contributed by atoms with van der Waals surface area (Å²) < 4.78 is 0. The van der Waals surface area contributed by atoms with Crippen molar-refractivity contribution in [3.63, 3.8) is 0 Å². The van der Waals surface area contributed by atoms with E-state index in [-0.39, 0.29) is 0 Å². The number of hydrogen-bond acceptors (Lipinski definition) is 2. The van der Waals surface area contributed by atoms with E-state index in [4.69, 9.17) is 0 Å². The monoisotopic (exact) mass is 182 g/mol. The van der Waals surface area contributed by atoms with Crippen LogP contribution in [0.1, 0.15) is 34.1 Å². The summed E-state index contributed by atoms with van der Waals surface area (Å²) in [7, 11) is 0. The van der Waals surface area contributed by atoms with Crippen LogP contribution >= 0.6 is 0 Å². The van der Waals surface area contributed by atoms with Gasteiger partial charge in [0.2, 0.25) is 0 Å². The fraction of sp³-hybridized carbons (Fsp3) is 0.818. The first-order valence-electron chi connectivity index (χ1n) is 5.30. The maximum Gasteiger partial charge on any atom is 0.0650 e. The highest BCUT2D eigenvalue weighted by molar-refractivity contribution is 5.17. The maximum atomic E-state index is 3.48. The van der Waals surface area contributed by atoms with Gasteiger partial charge in [0.05, 0.1) is 6.67 Å². The van der Waals surface area contributed by atoms with E-state index in [1.54, 1.807) is 5.57 Å². The van der Waals surface area contributed by atoms with Crippen molar-refractivity contribution in [2.24, 2.45) is 11.8 Å². The minimum Gasteiger partial charge on any atom is -0.376 e. The van der Waals surface area contributed by atoms with Crippen molar-refractivity contribution in [3.05, 3.63) is 11.3 Å². The molecule has 0 saturated heterocycles. The fourth-order valence-corrected chi connectivity index (χ4v) is 1.89. The molecule has 2 nitrogen and oxygen atoms in total. The average Bonchev–Trinajstić information content (AvgIpc) is 2.27. The van der Waals surface area contributed by atoms with Crippen LogP contribution < -0.4 is 10.6 Å². The van der Waals surface area contributed by atoms with Crippen molar-refractivity contribution in [3.8, 4) is 0 Å². The standard InChI is InChI=1S/C11H22N2/c1-8(2)10-5-6-12-7-13-11(10)9(3)4/h8-9,12-13H,5-7H2,1-4H3. The number of allylic oxidation sites excluding steroid dienone is 1. The second-order valence-corrected chi connectivity index (χ2v) is 4.35. The highest BCUT2D eigenvalue weighted by Crippen LogP contribution is 2.22. The van der Waals surface area contributed by atoms with Gasteiger partial charge in [-0.05, 0) is 23.8 Å². The third-order valence-electron chi connectivity index (χ3n) is 2.60. The Bertz CT molecular complexity index is 172. The summed E-state index contributed by atoms with van der Waals surface area (Å²) in [5.41, 5.74) is 3.06. The Labute approximate surface area is 81.8 Å². The summed E-state index contributed by atoms with van der Waals surface area (Å²) in [4.78, 5) is 0. The summed E-state index contributed by atoms with van der Waals surface area (Å²) >= 11 is 0. The molecule has 0 aromatic carbocycles. The van der Waals surface area contributed by atoms with Crippen molar-refractivity contribution >= 4 is 0 Å². The van der Waals surface area contributed by atoms with Gasteiger partial charge in [0.25, 0.3) is 0 Å². The van der Waals surface area contributed by atoms with Crippen LogP contribution in [0.25, 0.3) is 0 Å². The summed E-state index contributed by atoms with van der Waals surface area (Å²) in [6.07, 6.45) is 1.19. The van der Waals surface area contributed by atoms with Gasteiger partial charge in [0, 0.05) is 12.2 Å². The molecule has 0 unspecified atom stereocenters. The van der Waals surface area contributed by atoms with Gasteiger partial charge in [-0.2, -0.15) is 0 Å². The lowest BCUT2D eigenvalue weighted by atomic mass is 9.93. The van der Waals surface area contributed by atoms with Crippen molar-refractivity contribution in [1.29, 1.82) is 0 Å². The molecule has 2 heteroatoms. The van der Waals surface area contributed by atoms with Crippen molar-refractivity contribution in [1.82, 2.24) is 10.6 Å². The van der Waals surface area contributed by atoms with E-state index >= 15 is 0 Å². The minimum atomic E-state index is 0.622. The van der Waals surface area contributed by atoms with E-state index in [2.05, 4.69) is 38.3 Å². The predicted molar refractivity (Wildman–Crippen MR) is 57.3 cm³/mol. The lowest BCUT2D eigenvalue weighted by Crippen LogP contribution is -2.28. The van der Waals surface area contributed by atoms with Gasteiger partial charge >= 0.3 is 0 Å². The normalized spacial score (nSPS) is 19.2. The lowest BCUT2D eigenvalue weighted by molar-refractivity contribution is 0.605. The van der Waals surface area contributed by atoms with Crippen LogP contribution in [0, 0.1) is 11.8 Å². The molecule has 0 spiro atoms. The molecule has 1 aliphatic heterocycles. The van der Waals surface area contributed by atoms with Crippen LogP contribution in [0.2, 0.25) is 0 Å². The molecule has 1 heterocycles. The average molecular weight is 182 g/mol. The van der Waals surface area contributed by atoms with Gasteiger partial charge in [-0.3, -0.25) is 5.32 Å². The van der Waals surface area contributed by atoms with Crippen LogP contribution in [-0.2, 0) is 0 Å². The smallest absolute Gasteiger partial charge is 0.0650 e.